The van der Waals surface area contributed by atoms with Crippen molar-refractivity contribution in [3.8, 4) is 11.5 Å². The molecule has 1 aliphatic heterocycles. The number of esters is 1. The Bertz CT molecular complexity index is 1110. The van der Waals surface area contributed by atoms with Gasteiger partial charge in [-0.25, -0.2) is 4.79 Å². The predicted molar refractivity (Wildman–Crippen MR) is 114 cm³/mol. The summed E-state index contributed by atoms with van der Waals surface area (Å²) in [5.41, 5.74) is 3.00. The zero-order chi connectivity index (χ0) is 20.4. The molecule has 1 heterocycles. The number of ketones is 1. The van der Waals surface area contributed by atoms with Gasteiger partial charge >= 0.3 is 5.97 Å². The van der Waals surface area contributed by atoms with Crippen LogP contribution in [-0.4, -0.2) is 11.8 Å². The number of allylic oxidation sites excluding steroid dienone is 1. The second kappa shape index (κ2) is 8.05. The van der Waals surface area contributed by atoms with Gasteiger partial charge in [0.25, 0.3) is 0 Å². The van der Waals surface area contributed by atoms with Crippen molar-refractivity contribution in [3.05, 3.63) is 99.2 Å². The Kier molecular flexibility index (Phi) is 5.32. The van der Waals surface area contributed by atoms with Gasteiger partial charge in [-0.2, -0.15) is 0 Å². The van der Waals surface area contributed by atoms with Crippen LogP contribution in [0.4, 0.5) is 0 Å². The summed E-state index contributed by atoms with van der Waals surface area (Å²) in [6.45, 7) is 2.09. The smallest absolute Gasteiger partial charge is 0.343 e. The molecule has 0 N–H and O–H groups in total. The minimum atomic E-state index is -0.478. The summed E-state index contributed by atoms with van der Waals surface area (Å²) in [6.07, 6.45) is 2.68. The highest BCUT2D eigenvalue weighted by atomic mass is 79.9. The van der Waals surface area contributed by atoms with Gasteiger partial charge in [-0.05, 0) is 60.0 Å². The van der Waals surface area contributed by atoms with Crippen LogP contribution >= 0.6 is 15.9 Å². The SMILES string of the molecule is CCc1ccc(/C=C2\Oc3cc(OC(=O)c4ccc(Br)cc4)ccc3C2=O)cc1. The molecule has 29 heavy (non-hydrogen) atoms. The van der Waals surface area contributed by atoms with E-state index >= 15 is 0 Å². The standard InChI is InChI=1S/C24H17BrO4/c1-2-15-3-5-16(6-4-15)13-22-23(26)20-12-11-19(14-21(20)29-22)28-24(27)17-7-9-18(25)10-8-17/h3-14H,2H2,1H3/b22-13-. The van der Waals surface area contributed by atoms with E-state index in [1.165, 1.54) is 5.56 Å². The minimum Gasteiger partial charge on any atom is -0.452 e. The summed E-state index contributed by atoms with van der Waals surface area (Å²) in [5, 5.41) is 0. The number of fused-ring (bicyclic) bond motifs is 1. The molecule has 0 spiro atoms. The summed E-state index contributed by atoms with van der Waals surface area (Å²) in [4.78, 5) is 24.9. The van der Waals surface area contributed by atoms with E-state index in [1.807, 2.05) is 24.3 Å². The van der Waals surface area contributed by atoms with Crippen LogP contribution in [0.3, 0.4) is 0 Å². The highest BCUT2D eigenvalue weighted by Gasteiger charge is 2.28. The van der Waals surface area contributed by atoms with Crippen molar-refractivity contribution in [1.82, 2.24) is 0 Å². The van der Waals surface area contributed by atoms with Crippen molar-refractivity contribution in [2.75, 3.05) is 0 Å². The van der Waals surface area contributed by atoms with E-state index in [0.29, 0.717) is 22.6 Å². The maximum atomic E-state index is 12.6. The highest BCUT2D eigenvalue weighted by molar-refractivity contribution is 9.10. The first-order valence-electron chi connectivity index (χ1n) is 9.18. The highest BCUT2D eigenvalue weighted by Crippen LogP contribution is 2.35. The third kappa shape index (κ3) is 4.15. The molecule has 3 aromatic rings. The number of rotatable bonds is 4. The summed E-state index contributed by atoms with van der Waals surface area (Å²) < 4.78 is 12.0. The van der Waals surface area contributed by atoms with Crippen LogP contribution in [0.15, 0.2) is 77.0 Å². The molecule has 1 aliphatic rings. The average molecular weight is 449 g/mol. The van der Waals surface area contributed by atoms with Crippen LogP contribution in [0.25, 0.3) is 6.08 Å². The van der Waals surface area contributed by atoms with Crippen LogP contribution in [0.5, 0.6) is 11.5 Å². The van der Waals surface area contributed by atoms with E-state index in [1.54, 1.807) is 48.5 Å². The molecule has 0 aromatic heterocycles. The monoisotopic (exact) mass is 448 g/mol. The van der Waals surface area contributed by atoms with E-state index in [-0.39, 0.29) is 11.5 Å². The molecule has 0 atom stereocenters. The fourth-order valence-electron chi connectivity index (χ4n) is 2.98. The minimum absolute atomic E-state index is 0.189. The molecule has 4 rings (SSSR count). The van der Waals surface area contributed by atoms with Crippen LogP contribution in [0, 0.1) is 0 Å². The molecule has 0 fully saturated rings. The van der Waals surface area contributed by atoms with E-state index < -0.39 is 5.97 Å². The molecule has 144 valence electrons. The van der Waals surface area contributed by atoms with Crippen molar-refractivity contribution in [3.63, 3.8) is 0 Å². The Morgan fingerprint density at radius 3 is 2.45 bits per heavy atom. The van der Waals surface area contributed by atoms with E-state index in [9.17, 15) is 9.59 Å². The number of aryl methyl sites for hydroxylation is 1. The Morgan fingerprint density at radius 1 is 1.03 bits per heavy atom. The topological polar surface area (TPSA) is 52.6 Å². The molecular formula is C24H17BrO4. The van der Waals surface area contributed by atoms with Crippen LogP contribution in [-0.2, 0) is 6.42 Å². The number of ether oxygens (including phenoxy) is 2. The lowest BCUT2D eigenvalue weighted by atomic mass is 10.1. The number of Topliss-reactive ketones (excluding diaryl/α,β-unsaturated/α-hetero) is 1. The fourth-order valence-corrected chi connectivity index (χ4v) is 3.25. The van der Waals surface area contributed by atoms with E-state index in [0.717, 1.165) is 16.5 Å². The summed E-state index contributed by atoms with van der Waals surface area (Å²) in [7, 11) is 0. The summed E-state index contributed by atoms with van der Waals surface area (Å²) in [6, 6.07) is 19.6. The molecule has 3 aromatic carbocycles. The molecule has 0 unspecified atom stereocenters. The molecule has 4 nitrogen and oxygen atoms in total. The lowest BCUT2D eigenvalue weighted by Crippen LogP contribution is -2.08. The third-order valence-corrected chi connectivity index (χ3v) is 5.15. The van der Waals surface area contributed by atoms with Gasteiger partial charge in [0.15, 0.2) is 5.76 Å². The number of hydrogen-bond donors (Lipinski definition) is 0. The molecule has 0 aliphatic carbocycles. The number of hydrogen-bond acceptors (Lipinski definition) is 4. The number of carbonyl (C=O) groups excluding carboxylic acids is 2. The first kappa shape index (κ1) is 19.2. The molecule has 0 radical (unpaired) electrons. The zero-order valence-corrected chi connectivity index (χ0v) is 17.2. The Labute approximate surface area is 176 Å². The van der Waals surface area contributed by atoms with Crippen LogP contribution in [0.2, 0.25) is 0 Å². The number of benzene rings is 3. The maximum Gasteiger partial charge on any atom is 0.343 e. The van der Waals surface area contributed by atoms with Gasteiger partial charge in [-0.1, -0.05) is 47.1 Å². The molecule has 0 saturated heterocycles. The molecular weight excluding hydrogens is 432 g/mol. The quantitative estimate of drug-likeness (QED) is 0.285. The van der Waals surface area contributed by atoms with Gasteiger partial charge in [0, 0.05) is 10.5 Å². The largest absolute Gasteiger partial charge is 0.452 e. The van der Waals surface area contributed by atoms with Crippen molar-refractivity contribution in [2.45, 2.75) is 13.3 Å². The molecule has 0 bridgehead atoms. The van der Waals surface area contributed by atoms with Gasteiger partial charge in [0.1, 0.15) is 11.5 Å². The Hall–Kier alpha value is -3.18. The summed E-state index contributed by atoms with van der Waals surface area (Å²) >= 11 is 3.33. The molecule has 0 saturated carbocycles. The molecule has 5 heteroatoms. The second-order valence-electron chi connectivity index (χ2n) is 6.59. The average Bonchev–Trinajstić information content (AvgIpc) is 3.03. The van der Waals surface area contributed by atoms with Crippen LogP contribution < -0.4 is 9.47 Å². The van der Waals surface area contributed by atoms with Gasteiger partial charge < -0.3 is 9.47 Å². The lowest BCUT2D eigenvalue weighted by Gasteiger charge is -2.06. The lowest BCUT2D eigenvalue weighted by molar-refractivity contribution is 0.0734. The third-order valence-electron chi connectivity index (χ3n) is 4.62. The van der Waals surface area contributed by atoms with Gasteiger partial charge in [0.05, 0.1) is 11.1 Å². The van der Waals surface area contributed by atoms with Gasteiger partial charge in [-0.15, -0.1) is 0 Å². The first-order chi connectivity index (χ1) is 14.0. The van der Waals surface area contributed by atoms with Gasteiger partial charge in [-0.3, -0.25) is 4.79 Å². The van der Waals surface area contributed by atoms with Crippen molar-refractivity contribution < 1.29 is 19.1 Å². The normalized spacial score (nSPS) is 13.9. The van der Waals surface area contributed by atoms with Crippen LogP contribution in [0.1, 0.15) is 38.8 Å². The van der Waals surface area contributed by atoms with Gasteiger partial charge in [0.2, 0.25) is 5.78 Å². The van der Waals surface area contributed by atoms with Crippen molar-refractivity contribution in [1.29, 1.82) is 0 Å². The molecule has 0 amide bonds. The number of halogens is 1. The summed E-state index contributed by atoms with van der Waals surface area (Å²) in [5.74, 6) is 0.282. The van der Waals surface area contributed by atoms with Crippen molar-refractivity contribution >= 4 is 33.8 Å². The number of carbonyl (C=O) groups is 2. The zero-order valence-electron chi connectivity index (χ0n) is 15.6. The second-order valence-corrected chi connectivity index (χ2v) is 7.50. The first-order valence-corrected chi connectivity index (χ1v) is 9.98. The maximum absolute atomic E-state index is 12.6. The fraction of sp³-hybridized carbons (Fsp3) is 0.0833. The van der Waals surface area contributed by atoms with E-state index in [2.05, 4.69) is 22.9 Å². The Balaban J connectivity index is 1.52. The van der Waals surface area contributed by atoms with E-state index in [4.69, 9.17) is 9.47 Å². The Morgan fingerprint density at radius 2 is 1.76 bits per heavy atom. The predicted octanol–water partition coefficient (Wildman–Crippen LogP) is 5.85. The van der Waals surface area contributed by atoms with Crippen molar-refractivity contribution in [2.24, 2.45) is 0 Å².